The van der Waals surface area contributed by atoms with Gasteiger partial charge in [-0.15, -0.1) is 0 Å². The van der Waals surface area contributed by atoms with E-state index in [1.54, 1.807) is 24.3 Å². The highest BCUT2D eigenvalue weighted by atomic mass is 79.9. The predicted octanol–water partition coefficient (Wildman–Crippen LogP) is 5.31. The number of hydrogen-bond donors (Lipinski definition) is 0. The van der Waals surface area contributed by atoms with Gasteiger partial charge in [0.1, 0.15) is 0 Å². The molecule has 0 unspecified atom stereocenters. The third kappa shape index (κ3) is 4.57. The summed E-state index contributed by atoms with van der Waals surface area (Å²) in [6.45, 7) is -0.382. The quantitative estimate of drug-likeness (QED) is 0.172. The van der Waals surface area contributed by atoms with Crippen LogP contribution in [-0.4, -0.2) is 39.8 Å². The van der Waals surface area contributed by atoms with Gasteiger partial charge in [0.25, 0.3) is 0 Å². The van der Waals surface area contributed by atoms with Crippen LogP contribution in [0.2, 0.25) is 0 Å². The Morgan fingerprint density at radius 1 is 0.800 bits per heavy atom. The van der Waals surface area contributed by atoms with Crippen LogP contribution in [-0.2, 0) is 14.3 Å². The Morgan fingerprint density at radius 2 is 1.37 bits per heavy atom. The Labute approximate surface area is 218 Å². The van der Waals surface area contributed by atoms with E-state index >= 15 is 0 Å². The molecule has 2 fully saturated rings. The van der Waals surface area contributed by atoms with Gasteiger partial charge in [0.15, 0.2) is 12.4 Å². The van der Waals surface area contributed by atoms with Crippen LogP contribution >= 0.6 is 31.9 Å². The molecular formula is C27H21Br2NO5. The van der Waals surface area contributed by atoms with Gasteiger partial charge in [0.2, 0.25) is 11.8 Å². The first-order chi connectivity index (χ1) is 16.8. The molecule has 3 aromatic rings. The van der Waals surface area contributed by atoms with Crippen molar-refractivity contribution in [2.45, 2.75) is 22.5 Å². The maximum Gasteiger partial charge on any atom is 0.338 e. The average molecular weight is 599 g/mol. The number of anilines is 1. The third-order valence-corrected chi connectivity index (χ3v) is 9.41. The lowest BCUT2D eigenvalue weighted by molar-refractivity contribution is -0.122. The second-order valence-electron chi connectivity index (χ2n) is 8.84. The summed E-state index contributed by atoms with van der Waals surface area (Å²) in [4.78, 5) is 52.4. The summed E-state index contributed by atoms with van der Waals surface area (Å²) in [6, 6.07) is 19.2. The summed E-state index contributed by atoms with van der Waals surface area (Å²) < 4.78 is 5.22. The SMILES string of the molecule is O=C(COC(=O)c1ccc(N2C(=O)[C@@H]3C[C@H](Br)[C@@H](Br)C[C@H]3C2=O)cc1)c1ccc2ccccc2c1. The number of fused-ring (bicyclic) bond motifs is 2. The zero-order chi connectivity index (χ0) is 24.7. The molecule has 8 heteroatoms. The highest BCUT2D eigenvalue weighted by Crippen LogP contribution is 2.44. The largest absolute Gasteiger partial charge is 0.454 e. The van der Waals surface area contributed by atoms with E-state index in [1.807, 2.05) is 30.3 Å². The molecule has 4 atom stereocenters. The van der Waals surface area contributed by atoms with Crippen molar-refractivity contribution < 1.29 is 23.9 Å². The molecule has 1 saturated heterocycles. The number of carbonyl (C=O) groups excluding carboxylic acids is 4. The first-order valence-corrected chi connectivity index (χ1v) is 13.1. The van der Waals surface area contributed by atoms with E-state index in [0.717, 1.165) is 10.8 Å². The number of amides is 2. The minimum absolute atomic E-state index is 0.134. The normalized spacial score (nSPS) is 23.9. The molecule has 5 rings (SSSR count). The van der Waals surface area contributed by atoms with Gasteiger partial charge < -0.3 is 4.74 Å². The van der Waals surface area contributed by atoms with Crippen molar-refractivity contribution >= 4 is 71.9 Å². The lowest BCUT2D eigenvalue weighted by atomic mass is 9.81. The summed E-state index contributed by atoms with van der Waals surface area (Å²) in [6.07, 6.45) is 1.19. The van der Waals surface area contributed by atoms with Gasteiger partial charge in [-0.2, -0.15) is 0 Å². The van der Waals surface area contributed by atoms with Gasteiger partial charge in [-0.05, 0) is 53.9 Å². The summed E-state index contributed by atoms with van der Waals surface area (Å²) in [5.74, 6) is -2.05. The Balaban J connectivity index is 1.24. The summed E-state index contributed by atoms with van der Waals surface area (Å²) in [5, 5.41) is 1.96. The van der Waals surface area contributed by atoms with E-state index in [1.165, 1.54) is 17.0 Å². The van der Waals surface area contributed by atoms with Gasteiger partial charge >= 0.3 is 5.97 Å². The van der Waals surface area contributed by atoms with Crippen molar-refractivity contribution in [2.75, 3.05) is 11.5 Å². The zero-order valence-corrected chi connectivity index (χ0v) is 21.7. The molecule has 2 aliphatic rings. The van der Waals surface area contributed by atoms with Gasteiger partial charge in [-0.3, -0.25) is 19.3 Å². The standard InChI is InChI=1S/C27H21Br2NO5/c28-22-12-20-21(13-23(22)29)26(33)30(25(20)32)19-9-7-16(8-10-19)27(34)35-14-24(31)18-6-5-15-3-1-2-4-17(15)11-18/h1-11,20-23H,12-14H2/t20-,21-,22+,23+/m1/s1. The van der Waals surface area contributed by atoms with Crippen LogP contribution in [0.3, 0.4) is 0 Å². The number of carbonyl (C=O) groups is 4. The number of ether oxygens (including phenoxy) is 1. The molecule has 35 heavy (non-hydrogen) atoms. The van der Waals surface area contributed by atoms with Crippen molar-refractivity contribution in [3.63, 3.8) is 0 Å². The zero-order valence-electron chi connectivity index (χ0n) is 18.5. The number of nitrogens with zero attached hydrogens (tertiary/aromatic N) is 1. The first-order valence-electron chi connectivity index (χ1n) is 11.3. The number of hydrogen-bond acceptors (Lipinski definition) is 5. The van der Waals surface area contributed by atoms with Crippen LogP contribution in [0.1, 0.15) is 33.6 Å². The maximum absolute atomic E-state index is 13.0. The topological polar surface area (TPSA) is 80.8 Å². The molecular weight excluding hydrogens is 578 g/mol. The lowest BCUT2D eigenvalue weighted by Crippen LogP contribution is -2.34. The number of alkyl halides is 2. The maximum atomic E-state index is 13.0. The van der Waals surface area contributed by atoms with Gasteiger partial charge in [-0.1, -0.05) is 68.3 Å². The molecule has 1 heterocycles. The Bertz CT molecular complexity index is 1310. The molecule has 0 N–H and O–H groups in total. The van der Waals surface area contributed by atoms with Crippen LogP contribution in [0.15, 0.2) is 66.7 Å². The minimum atomic E-state index is -0.650. The fraction of sp³-hybridized carbons (Fsp3) is 0.259. The summed E-state index contributed by atoms with van der Waals surface area (Å²) in [5.41, 5.74) is 1.13. The molecule has 2 amide bonds. The molecule has 1 aliphatic heterocycles. The van der Waals surface area contributed by atoms with E-state index in [9.17, 15) is 19.2 Å². The number of rotatable bonds is 5. The van der Waals surface area contributed by atoms with Crippen molar-refractivity contribution in [1.82, 2.24) is 0 Å². The van der Waals surface area contributed by atoms with Crippen LogP contribution in [0, 0.1) is 11.8 Å². The summed E-state index contributed by atoms with van der Waals surface area (Å²) >= 11 is 7.17. The number of halogens is 2. The van der Waals surface area contributed by atoms with Crippen LogP contribution in [0.5, 0.6) is 0 Å². The van der Waals surface area contributed by atoms with E-state index in [2.05, 4.69) is 31.9 Å². The van der Waals surface area contributed by atoms with Crippen LogP contribution < -0.4 is 4.90 Å². The molecule has 0 spiro atoms. The number of ketones is 1. The van der Waals surface area contributed by atoms with Gasteiger partial charge in [0, 0.05) is 15.2 Å². The lowest BCUT2D eigenvalue weighted by Gasteiger charge is -2.29. The fourth-order valence-electron chi connectivity index (χ4n) is 4.76. The van der Waals surface area contributed by atoms with Crippen molar-refractivity contribution in [3.05, 3.63) is 77.9 Å². The Hall–Kier alpha value is -2.84. The van der Waals surface area contributed by atoms with Crippen LogP contribution in [0.4, 0.5) is 5.69 Å². The molecule has 6 nitrogen and oxygen atoms in total. The van der Waals surface area contributed by atoms with Crippen molar-refractivity contribution in [3.8, 4) is 0 Å². The highest BCUT2D eigenvalue weighted by molar-refractivity contribution is 9.12. The number of Topliss-reactive ketones (excluding diaryl/α,β-unsaturated/α-hetero) is 1. The average Bonchev–Trinajstić information content (AvgIpc) is 3.11. The molecule has 0 bridgehead atoms. The van der Waals surface area contributed by atoms with Crippen molar-refractivity contribution in [1.29, 1.82) is 0 Å². The second kappa shape index (κ2) is 9.66. The Kier molecular flexibility index (Phi) is 6.59. The molecule has 0 radical (unpaired) electrons. The Morgan fingerprint density at radius 3 is 2.00 bits per heavy atom. The predicted molar refractivity (Wildman–Crippen MR) is 139 cm³/mol. The minimum Gasteiger partial charge on any atom is -0.454 e. The molecule has 178 valence electrons. The third-order valence-electron chi connectivity index (χ3n) is 6.68. The van der Waals surface area contributed by atoms with Crippen molar-refractivity contribution in [2.24, 2.45) is 11.8 Å². The smallest absolute Gasteiger partial charge is 0.338 e. The second-order valence-corrected chi connectivity index (χ2v) is 11.2. The number of imide groups is 1. The number of esters is 1. The van der Waals surface area contributed by atoms with Gasteiger partial charge in [0.05, 0.1) is 23.1 Å². The first kappa shape index (κ1) is 23.9. The van der Waals surface area contributed by atoms with Gasteiger partial charge in [-0.25, -0.2) is 4.79 Å². The van der Waals surface area contributed by atoms with E-state index in [-0.39, 0.29) is 51.3 Å². The summed E-state index contributed by atoms with van der Waals surface area (Å²) in [7, 11) is 0. The number of benzene rings is 3. The van der Waals surface area contributed by atoms with E-state index < -0.39 is 5.97 Å². The highest BCUT2D eigenvalue weighted by Gasteiger charge is 2.52. The molecule has 0 aromatic heterocycles. The van der Waals surface area contributed by atoms with E-state index in [4.69, 9.17) is 4.74 Å². The fourth-order valence-corrected chi connectivity index (χ4v) is 5.99. The molecule has 1 aliphatic carbocycles. The molecule has 1 saturated carbocycles. The molecule has 3 aromatic carbocycles. The monoisotopic (exact) mass is 597 g/mol. The van der Waals surface area contributed by atoms with E-state index in [0.29, 0.717) is 24.1 Å². The van der Waals surface area contributed by atoms with Crippen LogP contribution in [0.25, 0.3) is 10.8 Å².